The Morgan fingerprint density at radius 3 is 2.70 bits per heavy atom. The highest BCUT2D eigenvalue weighted by Crippen LogP contribution is 2.26. The van der Waals surface area contributed by atoms with E-state index in [4.69, 9.17) is 11.6 Å². The summed E-state index contributed by atoms with van der Waals surface area (Å²) in [7, 11) is 0. The van der Waals surface area contributed by atoms with Gasteiger partial charge >= 0.3 is 0 Å². The summed E-state index contributed by atoms with van der Waals surface area (Å²) >= 11 is 5.58. The lowest BCUT2D eigenvalue weighted by Crippen LogP contribution is -1.97. The predicted molar refractivity (Wildman–Crippen MR) is 46.4 cm³/mol. The van der Waals surface area contributed by atoms with Crippen LogP contribution in [-0.2, 0) is 0 Å². The fraction of sp³-hybridized carbons (Fsp3) is 0.556. The van der Waals surface area contributed by atoms with Crippen LogP contribution in [0.4, 0.5) is 0 Å². The van der Waals surface area contributed by atoms with E-state index in [1.165, 1.54) is 36.8 Å². The Bertz CT molecular complexity index is 156. The highest BCUT2D eigenvalue weighted by molar-refractivity contribution is 6.19. The summed E-state index contributed by atoms with van der Waals surface area (Å²) in [5.74, 6) is 0.633. The number of halogens is 1. The third kappa shape index (κ3) is 1.88. The molecule has 1 saturated carbocycles. The third-order valence-corrected chi connectivity index (χ3v) is 2.11. The summed E-state index contributed by atoms with van der Waals surface area (Å²) in [6, 6.07) is 0. The number of alkyl halides is 1. The molecule has 1 fully saturated rings. The molecule has 0 aromatic rings. The molecule has 0 saturated heterocycles. The van der Waals surface area contributed by atoms with E-state index in [0.29, 0.717) is 5.88 Å². The molecule has 0 unspecified atom stereocenters. The van der Waals surface area contributed by atoms with Crippen molar-refractivity contribution in [3.05, 3.63) is 23.8 Å². The largest absolute Gasteiger partial charge is 0.122 e. The molecule has 0 bridgehead atoms. The van der Waals surface area contributed by atoms with Crippen molar-refractivity contribution in [2.45, 2.75) is 25.7 Å². The Morgan fingerprint density at radius 2 is 2.10 bits per heavy atom. The van der Waals surface area contributed by atoms with Gasteiger partial charge in [-0.3, -0.25) is 0 Å². The minimum absolute atomic E-state index is 0.633. The zero-order valence-corrected chi connectivity index (χ0v) is 6.95. The van der Waals surface area contributed by atoms with Gasteiger partial charge in [0.1, 0.15) is 0 Å². The van der Waals surface area contributed by atoms with Crippen molar-refractivity contribution in [2.75, 3.05) is 5.88 Å². The second kappa shape index (κ2) is 3.82. The smallest absolute Gasteiger partial charge is 0.0409 e. The van der Waals surface area contributed by atoms with E-state index >= 15 is 0 Å². The van der Waals surface area contributed by atoms with Crippen LogP contribution in [0.3, 0.4) is 0 Å². The average Bonchev–Trinajstić information content (AvgIpc) is 1.94. The van der Waals surface area contributed by atoms with E-state index in [9.17, 15) is 0 Å². The minimum atomic E-state index is 0.633. The highest BCUT2D eigenvalue weighted by Gasteiger charge is 2.07. The molecule has 10 heavy (non-hydrogen) atoms. The second-order valence-electron chi connectivity index (χ2n) is 2.69. The van der Waals surface area contributed by atoms with Gasteiger partial charge in [-0.2, -0.15) is 0 Å². The van der Waals surface area contributed by atoms with Crippen LogP contribution < -0.4 is 0 Å². The third-order valence-electron chi connectivity index (χ3n) is 1.95. The van der Waals surface area contributed by atoms with Crippen LogP contribution in [0.2, 0.25) is 0 Å². The summed E-state index contributed by atoms with van der Waals surface area (Å²) in [6.07, 6.45) is 7.05. The fourth-order valence-corrected chi connectivity index (χ4v) is 1.52. The van der Waals surface area contributed by atoms with Gasteiger partial charge < -0.3 is 0 Å². The number of hydrogen-bond donors (Lipinski definition) is 0. The molecule has 0 heterocycles. The van der Waals surface area contributed by atoms with Crippen molar-refractivity contribution in [1.82, 2.24) is 0 Å². The Balaban J connectivity index is 2.56. The Hall–Kier alpha value is -0.230. The molecule has 1 heteroatoms. The lowest BCUT2D eigenvalue weighted by molar-refractivity contribution is 0.680. The van der Waals surface area contributed by atoms with Crippen molar-refractivity contribution in [2.24, 2.45) is 0 Å². The highest BCUT2D eigenvalue weighted by atomic mass is 35.5. The second-order valence-corrected chi connectivity index (χ2v) is 3.00. The molecular formula is C9H13Cl. The first-order valence-electron chi connectivity index (χ1n) is 3.77. The van der Waals surface area contributed by atoms with Crippen molar-refractivity contribution >= 4 is 11.6 Å². The zero-order chi connectivity index (χ0) is 7.40. The van der Waals surface area contributed by atoms with Crippen LogP contribution in [0, 0.1) is 0 Å². The summed E-state index contributed by atoms with van der Waals surface area (Å²) in [4.78, 5) is 0. The molecule has 0 radical (unpaired) electrons. The van der Waals surface area contributed by atoms with Crippen LogP contribution in [0.25, 0.3) is 0 Å². The van der Waals surface area contributed by atoms with Crippen molar-refractivity contribution in [1.29, 1.82) is 0 Å². The lowest BCUT2D eigenvalue weighted by Gasteiger charge is -2.15. The molecule has 1 rings (SSSR count). The topological polar surface area (TPSA) is 0 Å². The van der Waals surface area contributed by atoms with Crippen LogP contribution in [-0.4, -0.2) is 5.88 Å². The van der Waals surface area contributed by atoms with Crippen LogP contribution in [0.15, 0.2) is 23.8 Å². The number of hydrogen-bond acceptors (Lipinski definition) is 0. The molecule has 1 aliphatic rings. The summed E-state index contributed by atoms with van der Waals surface area (Å²) < 4.78 is 0. The Kier molecular flexibility index (Phi) is 3.01. The Labute approximate surface area is 67.6 Å². The first-order valence-corrected chi connectivity index (χ1v) is 4.31. The van der Waals surface area contributed by atoms with Crippen molar-refractivity contribution < 1.29 is 0 Å². The van der Waals surface area contributed by atoms with Gasteiger partial charge in [-0.1, -0.05) is 18.2 Å². The van der Waals surface area contributed by atoms with Crippen LogP contribution in [0.5, 0.6) is 0 Å². The molecule has 0 spiro atoms. The molecule has 0 atom stereocenters. The molecular weight excluding hydrogens is 144 g/mol. The monoisotopic (exact) mass is 156 g/mol. The minimum Gasteiger partial charge on any atom is -0.122 e. The maximum atomic E-state index is 5.58. The number of allylic oxidation sites excluding steroid dienone is 3. The van der Waals surface area contributed by atoms with Crippen LogP contribution in [0.1, 0.15) is 25.7 Å². The molecule has 0 aromatic carbocycles. The normalized spacial score (nSPS) is 23.7. The van der Waals surface area contributed by atoms with Gasteiger partial charge in [0.25, 0.3) is 0 Å². The van der Waals surface area contributed by atoms with Gasteiger partial charge in [0.15, 0.2) is 0 Å². The van der Waals surface area contributed by atoms with E-state index < -0.39 is 0 Å². The van der Waals surface area contributed by atoms with Crippen molar-refractivity contribution in [3.63, 3.8) is 0 Å². The maximum absolute atomic E-state index is 5.58. The summed E-state index contributed by atoms with van der Waals surface area (Å²) in [5, 5.41) is 0. The molecule has 0 aromatic heterocycles. The van der Waals surface area contributed by atoms with Gasteiger partial charge in [0.05, 0.1) is 0 Å². The fourth-order valence-electron chi connectivity index (χ4n) is 1.33. The van der Waals surface area contributed by atoms with Crippen molar-refractivity contribution in [3.8, 4) is 0 Å². The quantitative estimate of drug-likeness (QED) is 0.512. The van der Waals surface area contributed by atoms with Gasteiger partial charge in [-0.15, -0.1) is 11.6 Å². The molecule has 1 aliphatic carbocycles. The standard InChI is InChI=1S/C9H13Cl/c1-8-4-2-3-5-9(8)6-7-10/h6H,1-5,7H2/b9-6-. The first-order chi connectivity index (χ1) is 4.84. The zero-order valence-electron chi connectivity index (χ0n) is 6.20. The SMILES string of the molecule is C=C1CCCC/C1=C/CCl. The molecule has 0 amide bonds. The van der Waals surface area contributed by atoms with E-state index in [-0.39, 0.29) is 0 Å². The van der Waals surface area contributed by atoms with Crippen LogP contribution >= 0.6 is 11.6 Å². The van der Waals surface area contributed by atoms with Gasteiger partial charge in [-0.25, -0.2) is 0 Å². The van der Waals surface area contributed by atoms with E-state index in [0.717, 1.165) is 0 Å². The molecule has 0 N–H and O–H groups in total. The summed E-state index contributed by atoms with van der Waals surface area (Å²) in [6.45, 7) is 3.99. The molecule has 56 valence electrons. The lowest BCUT2D eigenvalue weighted by atomic mass is 9.91. The summed E-state index contributed by atoms with van der Waals surface area (Å²) in [5.41, 5.74) is 2.69. The van der Waals surface area contributed by atoms with Gasteiger partial charge in [0.2, 0.25) is 0 Å². The maximum Gasteiger partial charge on any atom is 0.0409 e. The first kappa shape index (κ1) is 7.87. The molecule has 0 nitrogen and oxygen atoms in total. The van der Waals surface area contributed by atoms with E-state index in [1.54, 1.807) is 0 Å². The predicted octanol–water partition coefficient (Wildman–Crippen LogP) is 3.28. The van der Waals surface area contributed by atoms with E-state index in [1.807, 2.05) is 0 Å². The average molecular weight is 157 g/mol. The number of rotatable bonds is 1. The molecule has 0 aliphatic heterocycles. The van der Waals surface area contributed by atoms with Gasteiger partial charge in [-0.05, 0) is 31.3 Å². The Morgan fingerprint density at radius 1 is 1.40 bits per heavy atom. The van der Waals surface area contributed by atoms with E-state index in [2.05, 4.69) is 12.7 Å². The van der Waals surface area contributed by atoms with Gasteiger partial charge in [0, 0.05) is 5.88 Å².